The van der Waals surface area contributed by atoms with Gasteiger partial charge in [0.1, 0.15) is 0 Å². The van der Waals surface area contributed by atoms with Gasteiger partial charge in [0.25, 0.3) is 0 Å². The molecule has 0 saturated heterocycles. The minimum Gasteiger partial charge on any atom is -0.369 e. The number of carbonyl (C=O) groups excluding carboxylic acids is 1. The molecule has 0 aliphatic heterocycles. The first kappa shape index (κ1) is 15.1. The largest absolute Gasteiger partial charge is 0.369 e. The molecule has 1 amide bonds. The lowest BCUT2D eigenvalue weighted by atomic mass is 10.2. The van der Waals surface area contributed by atoms with Crippen molar-refractivity contribution in [3.8, 4) is 0 Å². The molecule has 1 aromatic rings. The summed E-state index contributed by atoms with van der Waals surface area (Å²) in [5.74, 6) is 0.418. The van der Waals surface area contributed by atoms with Crippen molar-refractivity contribution in [2.24, 2.45) is 11.7 Å². The van der Waals surface area contributed by atoms with Crippen LogP contribution in [0.25, 0.3) is 0 Å². The third-order valence-corrected chi connectivity index (χ3v) is 3.89. The predicted octanol–water partition coefficient (Wildman–Crippen LogP) is 2.40. The van der Waals surface area contributed by atoms with E-state index in [0.29, 0.717) is 0 Å². The molecule has 0 radical (unpaired) electrons. The van der Waals surface area contributed by atoms with Crippen LogP contribution in [0.2, 0.25) is 0 Å². The average Bonchev–Trinajstić information content (AvgIpc) is 2.36. The van der Waals surface area contributed by atoms with Crippen molar-refractivity contribution < 1.29 is 4.79 Å². The predicted molar refractivity (Wildman–Crippen MR) is 77.5 cm³/mol. The topological polar surface area (TPSA) is 55.1 Å². The summed E-state index contributed by atoms with van der Waals surface area (Å²) in [4.78, 5) is 12.2. The van der Waals surface area contributed by atoms with E-state index in [1.807, 2.05) is 6.92 Å². The molecule has 0 aliphatic carbocycles. The van der Waals surface area contributed by atoms with Crippen LogP contribution < -0.4 is 11.1 Å². The number of hydrogen-bond donors (Lipinski definition) is 2. The second kappa shape index (κ2) is 8.16. The van der Waals surface area contributed by atoms with Crippen molar-refractivity contribution in [2.45, 2.75) is 31.7 Å². The number of thioether (sulfide) groups is 1. The quantitative estimate of drug-likeness (QED) is 0.561. The van der Waals surface area contributed by atoms with Crippen LogP contribution in [0.1, 0.15) is 25.8 Å². The summed E-state index contributed by atoms with van der Waals surface area (Å²) in [5.41, 5.74) is 6.53. The Balaban J connectivity index is 2.46. The Hall–Kier alpha value is -1.00. The molecular formula is C14H22N2OS. The fourth-order valence-corrected chi connectivity index (χ4v) is 2.47. The second-order valence-electron chi connectivity index (χ2n) is 4.44. The van der Waals surface area contributed by atoms with E-state index in [4.69, 9.17) is 5.73 Å². The van der Waals surface area contributed by atoms with Crippen LogP contribution in [0.15, 0.2) is 29.2 Å². The van der Waals surface area contributed by atoms with E-state index in [9.17, 15) is 4.79 Å². The van der Waals surface area contributed by atoms with Crippen LogP contribution >= 0.6 is 11.8 Å². The van der Waals surface area contributed by atoms with E-state index in [0.717, 1.165) is 25.3 Å². The number of nitrogens with two attached hydrogens (primary N) is 1. The average molecular weight is 266 g/mol. The molecule has 3 nitrogen and oxygen atoms in total. The molecule has 1 unspecified atom stereocenters. The smallest absolute Gasteiger partial charge is 0.221 e. The highest BCUT2D eigenvalue weighted by Crippen LogP contribution is 2.21. The maximum Gasteiger partial charge on any atom is 0.221 e. The van der Waals surface area contributed by atoms with Gasteiger partial charge in [-0.05, 0) is 30.7 Å². The first-order valence-electron chi connectivity index (χ1n) is 6.35. The van der Waals surface area contributed by atoms with Gasteiger partial charge in [0.15, 0.2) is 0 Å². The summed E-state index contributed by atoms with van der Waals surface area (Å²) >= 11 is 1.68. The number of hydrogen-bond acceptors (Lipinski definition) is 3. The minimum absolute atomic E-state index is 0.0862. The summed E-state index contributed by atoms with van der Waals surface area (Å²) < 4.78 is 0. The van der Waals surface area contributed by atoms with Gasteiger partial charge in [-0.25, -0.2) is 0 Å². The molecule has 1 aromatic carbocycles. The lowest BCUT2D eigenvalue weighted by Crippen LogP contribution is -2.22. The highest BCUT2D eigenvalue weighted by atomic mass is 32.2. The molecule has 100 valence electrons. The van der Waals surface area contributed by atoms with E-state index in [1.54, 1.807) is 11.8 Å². The number of primary amides is 1. The van der Waals surface area contributed by atoms with Crippen molar-refractivity contribution in [3.05, 3.63) is 29.8 Å². The number of benzene rings is 1. The molecule has 0 aromatic heterocycles. The van der Waals surface area contributed by atoms with Crippen LogP contribution in [-0.2, 0) is 11.3 Å². The van der Waals surface area contributed by atoms with Crippen LogP contribution in [0, 0.1) is 5.92 Å². The van der Waals surface area contributed by atoms with Crippen molar-refractivity contribution in [3.63, 3.8) is 0 Å². The summed E-state index contributed by atoms with van der Waals surface area (Å²) in [6, 6.07) is 8.41. The van der Waals surface area contributed by atoms with Crippen molar-refractivity contribution >= 4 is 17.7 Å². The zero-order valence-electron chi connectivity index (χ0n) is 11.1. The zero-order valence-corrected chi connectivity index (χ0v) is 11.9. The molecule has 18 heavy (non-hydrogen) atoms. The standard InChI is InChI=1S/C14H22N2OS/c1-3-7-16-9-12-5-4-6-13(8-12)18-10-11(2)14(15)17/h4-6,8,11,16H,3,7,9-10H2,1-2H3,(H2,15,17). The molecule has 0 heterocycles. The fourth-order valence-electron chi connectivity index (χ4n) is 1.46. The van der Waals surface area contributed by atoms with E-state index in [2.05, 4.69) is 36.5 Å². The molecule has 1 atom stereocenters. The molecule has 0 fully saturated rings. The van der Waals surface area contributed by atoms with E-state index in [1.165, 1.54) is 10.5 Å². The van der Waals surface area contributed by atoms with Crippen molar-refractivity contribution in [1.29, 1.82) is 0 Å². The highest BCUT2D eigenvalue weighted by Gasteiger charge is 2.08. The third-order valence-electron chi connectivity index (χ3n) is 2.64. The Kier molecular flexibility index (Phi) is 6.83. The first-order chi connectivity index (χ1) is 8.63. The minimum atomic E-state index is -0.233. The van der Waals surface area contributed by atoms with Gasteiger partial charge in [0.2, 0.25) is 5.91 Å². The molecule has 4 heteroatoms. The Morgan fingerprint density at radius 3 is 2.94 bits per heavy atom. The molecular weight excluding hydrogens is 244 g/mol. The monoisotopic (exact) mass is 266 g/mol. The third kappa shape index (κ3) is 5.56. The molecule has 0 saturated carbocycles. The Labute approximate surface area is 114 Å². The maximum atomic E-state index is 11.0. The lowest BCUT2D eigenvalue weighted by Gasteiger charge is -2.08. The number of amides is 1. The van der Waals surface area contributed by atoms with Crippen molar-refractivity contribution in [2.75, 3.05) is 12.3 Å². The lowest BCUT2D eigenvalue weighted by molar-refractivity contribution is -0.120. The van der Waals surface area contributed by atoms with E-state index >= 15 is 0 Å². The van der Waals surface area contributed by atoms with Gasteiger partial charge in [-0.1, -0.05) is 26.0 Å². The van der Waals surface area contributed by atoms with Gasteiger partial charge in [-0.2, -0.15) is 0 Å². The summed E-state index contributed by atoms with van der Waals surface area (Å²) in [5, 5.41) is 3.38. The van der Waals surface area contributed by atoms with Crippen LogP contribution in [0.3, 0.4) is 0 Å². The molecule has 0 spiro atoms. The zero-order chi connectivity index (χ0) is 13.4. The van der Waals surface area contributed by atoms with Crippen LogP contribution in [0.5, 0.6) is 0 Å². The van der Waals surface area contributed by atoms with Crippen LogP contribution in [-0.4, -0.2) is 18.2 Å². The van der Waals surface area contributed by atoms with Gasteiger partial charge < -0.3 is 11.1 Å². The van der Waals surface area contributed by atoms with E-state index in [-0.39, 0.29) is 11.8 Å². The number of rotatable bonds is 8. The van der Waals surface area contributed by atoms with E-state index < -0.39 is 0 Å². The Bertz CT molecular complexity index is 382. The van der Waals surface area contributed by atoms with Gasteiger partial charge in [-0.15, -0.1) is 11.8 Å². The second-order valence-corrected chi connectivity index (χ2v) is 5.53. The van der Waals surface area contributed by atoms with Gasteiger partial charge in [0.05, 0.1) is 0 Å². The summed E-state index contributed by atoms with van der Waals surface area (Å²) in [7, 11) is 0. The highest BCUT2D eigenvalue weighted by molar-refractivity contribution is 7.99. The van der Waals surface area contributed by atoms with Crippen molar-refractivity contribution in [1.82, 2.24) is 5.32 Å². The fraction of sp³-hybridized carbons (Fsp3) is 0.500. The molecule has 0 bridgehead atoms. The summed E-state index contributed by atoms with van der Waals surface area (Å²) in [6.45, 7) is 5.95. The summed E-state index contributed by atoms with van der Waals surface area (Å²) in [6.07, 6.45) is 1.14. The van der Waals surface area contributed by atoms with Gasteiger partial charge >= 0.3 is 0 Å². The SMILES string of the molecule is CCCNCc1cccc(SCC(C)C(N)=O)c1. The Morgan fingerprint density at radius 1 is 1.50 bits per heavy atom. The Morgan fingerprint density at radius 2 is 2.28 bits per heavy atom. The molecule has 3 N–H and O–H groups in total. The van der Waals surface area contributed by atoms with Gasteiger partial charge in [0, 0.05) is 23.1 Å². The molecule has 1 rings (SSSR count). The first-order valence-corrected chi connectivity index (χ1v) is 7.33. The molecule has 0 aliphatic rings. The number of carbonyl (C=O) groups is 1. The normalized spacial score (nSPS) is 12.3. The van der Waals surface area contributed by atoms with Gasteiger partial charge in [-0.3, -0.25) is 4.79 Å². The van der Waals surface area contributed by atoms with Crippen LogP contribution in [0.4, 0.5) is 0 Å². The maximum absolute atomic E-state index is 11.0. The number of nitrogens with one attached hydrogen (secondary N) is 1.